The van der Waals surface area contributed by atoms with Crippen molar-refractivity contribution in [3.8, 4) is 6.07 Å². The summed E-state index contributed by atoms with van der Waals surface area (Å²) in [6.07, 6.45) is 2.01. The van der Waals surface area contributed by atoms with E-state index in [1.807, 2.05) is 13.8 Å². The first-order valence-corrected chi connectivity index (χ1v) is 3.76. The van der Waals surface area contributed by atoms with E-state index in [0.29, 0.717) is 5.25 Å². The van der Waals surface area contributed by atoms with E-state index in [1.54, 1.807) is 0 Å². The molecular weight excluding hydrogens is 130 g/mol. The minimum Gasteiger partial charge on any atom is -0.198 e. The number of hydrogen-bond donors (Lipinski definition) is 1. The van der Waals surface area contributed by atoms with E-state index in [0.717, 1.165) is 12.8 Å². The lowest BCUT2D eigenvalue weighted by molar-refractivity contribution is 0.616. The number of nitriles is 1. The van der Waals surface area contributed by atoms with Crippen LogP contribution in [-0.2, 0) is 0 Å². The maximum Gasteiger partial charge on any atom is 0.0652 e. The molecule has 0 saturated heterocycles. The third-order valence-electron chi connectivity index (χ3n) is 1.24. The predicted octanol–water partition coefficient (Wildman–Crippen LogP) is 2.24. The molecule has 0 aromatic rings. The molecule has 2 heteroatoms. The van der Waals surface area contributed by atoms with Gasteiger partial charge in [0.15, 0.2) is 0 Å². The number of thiol groups is 1. The number of hydrogen-bond acceptors (Lipinski definition) is 2. The second kappa shape index (κ2) is 4.69. The van der Waals surface area contributed by atoms with E-state index in [-0.39, 0.29) is 5.92 Å². The van der Waals surface area contributed by atoms with Crippen molar-refractivity contribution in [1.82, 2.24) is 0 Å². The van der Waals surface area contributed by atoms with Crippen molar-refractivity contribution < 1.29 is 0 Å². The smallest absolute Gasteiger partial charge is 0.0652 e. The van der Waals surface area contributed by atoms with Crippen LogP contribution in [0.15, 0.2) is 0 Å². The number of rotatable bonds is 3. The van der Waals surface area contributed by atoms with Crippen molar-refractivity contribution in [1.29, 1.82) is 5.26 Å². The first-order chi connectivity index (χ1) is 4.16. The molecule has 0 radical (unpaired) electrons. The summed E-state index contributed by atoms with van der Waals surface area (Å²) in [5.41, 5.74) is 0. The van der Waals surface area contributed by atoms with E-state index in [2.05, 4.69) is 18.7 Å². The molecule has 0 saturated carbocycles. The second-order valence-electron chi connectivity index (χ2n) is 2.46. The summed E-state index contributed by atoms with van der Waals surface area (Å²) >= 11 is 4.20. The van der Waals surface area contributed by atoms with Gasteiger partial charge in [0.25, 0.3) is 0 Å². The van der Waals surface area contributed by atoms with Crippen LogP contribution < -0.4 is 0 Å². The molecule has 52 valence electrons. The molecule has 2 unspecified atom stereocenters. The van der Waals surface area contributed by atoms with Crippen molar-refractivity contribution in [3.63, 3.8) is 0 Å². The zero-order chi connectivity index (χ0) is 7.28. The van der Waals surface area contributed by atoms with Gasteiger partial charge in [-0.3, -0.25) is 0 Å². The lowest BCUT2D eigenvalue weighted by Crippen LogP contribution is -1.96. The van der Waals surface area contributed by atoms with Gasteiger partial charge in [-0.15, -0.1) is 0 Å². The van der Waals surface area contributed by atoms with Crippen molar-refractivity contribution in [2.45, 2.75) is 31.9 Å². The van der Waals surface area contributed by atoms with Gasteiger partial charge in [-0.05, 0) is 25.0 Å². The van der Waals surface area contributed by atoms with Crippen LogP contribution in [-0.4, -0.2) is 5.25 Å². The van der Waals surface area contributed by atoms with E-state index in [1.165, 1.54) is 0 Å². The summed E-state index contributed by atoms with van der Waals surface area (Å²) in [5, 5.41) is 8.80. The van der Waals surface area contributed by atoms with Crippen LogP contribution in [0.1, 0.15) is 26.7 Å². The fraction of sp³-hybridized carbons (Fsp3) is 0.857. The summed E-state index contributed by atoms with van der Waals surface area (Å²) in [4.78, 5) is 0. The standard InChI is InChI=1S/C7H13NS/c1-6(5-8)3-4-7(2)9/h6-7,9H,3-4H2,1-2H3. The van der Waals surface area contributed by atoms with Crippen molar-refractivity contribution in [2.24, 2.45) is 5.92 Å². The predicted molar refractivity (Wildman–Crippen MR) is 42.5 cm³/mol. The van der Waals surface area contributed by atoms with Gasteiger partial charge >= 0.3 is 0 Å². The highest BCUT2D eigenvalue weighted by Crippen LogP contribution is 2.09. The van der Waals surface area contributed by atoms with E-state index in [4.69, 9.17) is 5.26 Å². The van der Waals surface area contributed by atoms with E-state index < -0.39 is 0 Å². The molecule has 0 amide bonds. The third-order valence-corrected chi connectivity index (χ3v) is 1.50. The highest BCUT2D eigenvalue weighted by molar-refractivity contribution is 7.80. The Labute approximate surface area is 62.5 Å². The van der Waals surface area contributed by atoms with Crippen LogP contribution in [0.5, 0.6) is 0 Å². The minimum atomic E-state index is 0.194. The molecule has 0 aliphatic rings. The first-order valence-electron chi connectivity index (χ1n) is 3.24. The molecule has 0 aromatic carbocycles. The summed E-state index contributed by atoms with van der Waals surface area (Å²) in [6, 6.07) is 2.19. The Hall–Kier alpha value is -0.160. The Kier molecular flexibility index (Phi) is 4.61. The molecule has 0 fully saturated rings. The lowest BCUT2D eigenvalue weighted by Gasteiger charge is -2.03. The quantitative estimate of drug-likeness (QED) is 0.602. The van der Waals surface area contributed by atoms with Crippen molar-refractivity contribution in [3.05, 3.63) is 0 Å². The van der Waals surface area contributed by atoms with Crippen LogP contribution in [0.3, 0.4) is 0 Å². The Balaban J connectivity index is 3.19. The Bertz CT molecular complexity index is 104. The second-order valence-corrected chi connectivity index (χ2v) is 3.34. The van der Waals surface area contributed by atoms with Gasteiger partial charge in [-0.2, -0.15) is 17.9 Å². The monoisotopic (exact) mass is 143 g/mol. The molecule has 0 heterocycles. The van der Waals surface area contributed by atoms with Crippen LogP contribution >= 0.6 is 12.6 Å². The summed E-state index contributed by atoms with van der Waals surface area (Å²) in [7, 11) is 0. The fourth-order valence-corrected chi connectivity index (χ4v) is 0.705. The van der Waals surface area contributed by atoms with Gasteiger partial charge in [0, 0.05) is 5.92 Å². The molecule has 1 nitrogen and oxygen atoms in total. The van der Waals surface area contributed by atoms with Crippen LogP contribution in [0, 0.1) is 17.2 Å². The topological polar surface area (TPSA) is 23.8 Å². The van der Waals surface area contributed by atoms with Crippen LogP contribution in [0.25, 0.3) is 0 Å². The zero-order valence-corrected chi connectivity index (χ0v) is 6.86. The van der Waals surface area contributed by atoms with Crippen LogP contribution in [0.2, 0.25) is 0 Å². The molecule has 9 heavy (non-hydrogen) atoms. The Morgan fingerprint density at radius 3 is 2.33 bits per heavy atom. The maximum absolute atomic E-state index is 8.37. The molecule has 0 aliphatic heterocycles. The van der Waals surface area contributed by atoms with Gasteiger partial charge in [-0.25, -0.2) is 0 Å². The van der Waals surface area contributed by atoms with Gasteiger partial charge < -0.3 is 0 Å². The highest BCUT2D eigenvalue weighted by Gasteiger charge is 2.00. The molecule has 0 aromatic heterocycles. The average molecular weight is 143 g/mol. The summed E-state index contributed by atoms with van der Waals surface area (Å²) in [5.74, 6) is 0.194. The fourth-order valence-electron chi connectivity index (χ4n) is 0.556. The van der Waals surface area contributed by atoms with E-state index in [9.17, 15) is 0 Å². The molecule has 2 atom stereocenters. The molecule has 0 bridgehead atoms. The van der Waals surface area contributed by atoms with Gasteiger partial charge in [0.2, 0.25) is 0 Å². The SMILES string of the molecule is CC(S)CCC(C)C#N. The van der Waals surface area contributed by atoms with Crippen molar-refractivity contribution >= 4 is 12.6 Å². The average Bonchev–Trinajstić information content (AvgIpc) is 1.83. The van der Waals surface area contributed by atoms with Gasteiger partial charge in [0.05, 0.1) is 6.07 Å². The molecular formula is C7H13NS. The Morgan fingerprint density at radius 2 is 2.00 bits per heavy atom. The van der Waals surface area contributed by atoms with Gasteiger partial charge in [-0.1, -0.05) is 6.92 Å². The minimum absolute atomic E-state index is 0.194. The molecule has 0 aliphatic carbocycles. The summed E-state index contributed by atoms with van der Waals surface area (Å²) < 4.78 is 0. The van der Waals surface area contributed by atoms with Crippen LogP contribution in [0.4, 0.5) is 0 Å². The third kappa shape index (κ3) is 5.72. The Morgan fingerprint density at radius 1 is 1.44 bits per heavy atom. The number of nitrogens with zero attached hydrogens (tertiary/aromatic N) is 1. The normalized spacial score (nSPS) is 16.2. The van der Waals surface area contributed by atoms with Crippen molar-refractivity contribution in [2.75, 3.05) is 0 Å². The summed E-state index contributed by atoms with van der Waals surface area (Å²) in [6.45, 7) is 3.99. The largest absolute Gasteiger partial charge is 0.198 e. The van der Waals surface area contributed by atoms with Gasteiger partial charge in [0.1, 0.15) is 0 Å². The lowest BCUT2D eigenvalue weighted by atomic mass is 10.1. The molecule has 0 rings (SSSR count). The first kappa shape index (κ1) is 8.84. The highest BCUT2D eigenvalue weighted by atomic mass is 32.1. The maximum atomic E-state index is 8.37. The zero-order valence-electron chi connectivity index (χ0n) is 5.96. The molecule has 0 spiro atoms. The van der Waals surface area contributed by atoms with E-state index >= 15 is 0 Å². The molecule has 0 N–H and O–H groups in total.